The molecule has 1 aromatic carbocycles. The number of benzene rings is 1. The molecule has 0 atom stereocenters. The van der Waals surface area contributed by atoms with Crippen molar-refractivity contribution in [1.82, 2.24) is 4.98 Å². The van der Waals surface area contributed by atoms with Crippen molar-refractivity contribution in [3.63, 3.8) is 0 Å². The highest BCUT2D eigenvalue weighted by atomic mass is 32.2. The van der Waals surface area contributed by atoms with Gasteiger partial charge in [-0.3, -0.25) is 9.71 Å². The fourth-order valence-electron chi connectivity index (χ4n) is 1.65. The monoisotopic (exact) mass is 308 g/mol. The van der Waals surface area contributed by atoms with Crippen LogP contribution < -0.4 is 4.72 Å². The molecule has 21 heavy (non-hydrogen) atoms. The number of sulfonamides is 1. The molecule has 0 bridgehead atoms. The minimum absolute atomic E-state index is 0.263. The molecule has 0 radical (unpaired) electrons. The maximum atomic E-state index is 12.2. The standard InChI is InChI=1S/C13H12N2O5S/c1-8-11(3-2-6-14-8)15-21(19,20)9-4-5-12(16)10(7-9)13(17)18/h2-7,15-16H,1H3,(H,17,18). The van der Waals surface area contributed by atoms with E-state index in [1.807, 2.05) is 0 Å². The van der Waals surface area contributed by atoms with Gasteiger partial charge in [-0.25, -0.2) is 13.2 Å². The lowest BCUT2D eigenvalue weighted by Crippen LogP contribution is -2.14. The quantitative estimate of drug-likeness (QED) is 0.789. The van der Waals surface area contributed by atoms with Crippen molar-refractivity contribution in [2.24, 2.45) is 0 Å². The highest BCUT2D eigenvalue weighted by Crippen LogP contribution is 2.23. The van der Waals surface area contributed by atoms with E-state index in [2.05, 4.69) is 9.71 Å². The molecule has 0 saturated carbocycles. The number of nitrogens with one attached hydrogen (secondary N) is 1. The molecular weight excluding hydrogens is 296 g/mol. The maximum absolute atomic E-state index is 12.2. The summed E-state index contributed by atoms with van der Waals surface area (Å²) in [6, 6.07) is 6.15. The maximum Gasteiger partial charge on any atom is 0.339 e. The number of phenols is 1. The van der Waals surface area contributed by atoms with Crippen molar-refractivity contribution < 1.29 is 23.4 Å². The van der Waals surface area contributed by atoms with Gasteiger partial charge < -0.3 is 10.2 Å². The van der Waals surface area contributed by atoms with Crippen molar-refractivity contribution in [1.29, 1.82) is 0 Å². The van der Waals surface area contributed by atoms with Crippen molar-refractivity contribution >= 4 is 21.7 Å². The van der Waals surface area contributed by atoms with E-state index in [4.69, 9.17) is 5.11 Å². The first kappa shape index (κ1) is 14.8. The van der Waals surface area contributed by atoms with Crippen LogP contribution in [0.15, 0.2) is 41.4 Å². The Bertz CT molecular complexity index is 802. The number of carboxylic acid groups (broad SMARTS) is 1. The van der Waals surface area contributed by atoms with E-state index >= 15 is 0 Å². The number of aryl methyl sites for hydroxylation is 1. The van der Waals surface area contributed by atoms with Gasteiger partial charge in [-0.1, -0.05) is 0 Å². The Morgan fingerprint density at radius 1 is 1.29 bits per heavy atom. The smallest absolute Gasteiger partial charge is 0.339 e. The average Bonchev–Trinajstić information content (AvgIpc) is 2.41. The lowest BCUT2D eigenvalue weighted by molar-refractivity contribution is 0.0693. The van der Waals surface area contributed by atoms with Crippen LogP contribution in [0.1, 0.15) is 16.1 Å². The zero-order valence-electron chi connectivity index (χ0n) is 10.9. The number of aromatic carboxylic acids is 1. The van der Waals surface area contributed by atoms with Gasteiger partial charge in [0.15, 0.2) is 0 Å². The summed E-state index contributed by atoms with van der Waals surface area (Å²) >= 11 is 0. The Morgan fingerprint density at radius 3 is 2.62 bits per heavy atom. The number of aromatic nitrogens is 1. The zero-order valence-corrected chi connectivity index (χ0v) is 11.8. The molecule has 0 amide bonds. The van der Waals surface area contributed by atoms with E-state index in [1.165, 1.54) is 6.20 Å². The van der Waals surface area contributed by atoms with Gasteiger partial charge in [-0.15, -0.1) is 0 Å². The molecule has 0 aliphatic rings. The van der Waals surface area contributed by atoms with Gasteiger partial charge in [0.2, 0.25) is 0 Å². The normalized spacial score (nSPS) is 11.1. The molecule has 0 saturated heterocycles. The van der Waals surface area contributed by atoms with Gasteiger partial charge in [0, 0.05) is 6.20 Å². The second kappa shape index (κ2) is 5.41. The van der Waals surface area contributed by atoms with Crippen LogP contribution in [-0.4, -0.2) is 29.6 Å². The molecule has 2 rings (SSSR count). The highest BCUT2D eigenvalue weighted by molar-refractivity contribution is 7.92. The van der Waals surface area contributed by atoms with Crippen molar-refractivity contribution in [2.75, 3.05) is 4.72 Å². The molecule has 7 nitrogen and oxygen atoms in total. The molecule has 0 aliphatic heterocycles. The van der Waals surface area contributed by atoms with Crippen molar-refractivity contribution in [2.45, 2.75) is 11.8 Å². The van der Waals surface area contributed by atoms with Crippen LogP contribution in [0.2, 0.25) is 0 Å². The number of hydrogen-bond donors (Lipinski definition) is 3. The average molecular weight is 308 g/mol. The Kier molecular flexibility index (Phi) is 3.81. The van der Waals surface area contributed by atoms with Gasteiger partial charge in [0.1, 0.15) is 11.3 Å². The van der Waals surface area contributed by atoms with Crippen LogP contribution in [0.5, 0.6) is 5.75 Å². The molecule has 0 aliphatic carbocycles. The minimum atomic E-state index is -3.97. The van der Waals surface area contributed by atoms with E-state index in [0.717, 1.165) is 18.2 Å². The first-order chi connectivity index (χ1) is 9.81. The number of nitrogens with zero attached hydrogens (tertiary/aromatic N) is 1. The topological polar surface area (TPSA) is 117 Å². The number of pyridine rings is 1. The summed E-state index contributed by atoms with van der Waals surface area (Å²) in [5.41, 5.74) is 0.293. The SMILES string of the molecule is Cc1ncccc1NS(=O)(=O)c1ccc(O)c(C(=O)O)c1. The van der Waals surface area contributed by atoms with Crippen molar-refractivity contribution in [3.8, 4) is 5.75 Å². The Labute approximate surface area is 120 Å². The van der Waals surface area contributed by atoms with Crippen LogP contribution >= 0.6 is 0 Å². The molecule has 2 aromatic rings. The second-order valence-electron chi connectivity index (χ2n) is 4.23. The number of rotatable bonds is 4. The largest absolute Gasteiger partial charge is 0.507 e. The molecule has 0 unspecified atom stereocenters. The van der Waals surface area contributed by atoms with E-state index < -0.39 is 27.3 Å². The summed E-state index contributed by atoms with van der Waals surface area (Å²) in [6.07, 6.45) is 1.52. The fourth-order valence-corrected chi connectivity index (χ4v) is 2.79. The summed E-state index contributed by atoms with van der Waals surface area (Å²) < 4.78 is 26.8. The fraction of sp³-hybridized carbons (Fsp3) is 0.0769. The van der Waals surface area contributed by atoms with Crippen LogP contribution in [0.3, 0.4) is 0 Å². The molecule has 110 valence electrons. The number of carbonyl (C=O) groups is 1. The van der Waals surface area contributed by atoms with Gasteiger partial charge >= 0.3 is 5.97 Å². The van der Waals surface area contributed by atoms with Crippen LogP contribution in [-0.2, 0) is 10.0 Å². The molecule has 8 heteroatoms. The molecule has 3 N–H and O–H groups in total. The number of anilines is 1. The minimum Gasteiger partial charge on any atom is -0.507 e. The van der Waals surface area contributed by atoms with E-state index in [0.29, 0.717) is 11.4 Å². The Morgan fingerprint density at radius 2 is 2.00 bits per heavy atom. The van der Waals surface area contributed by atoms with Crippen molar-refractivity contribution in [3.05, 3.63) is 47.8 Å². The summed E-state index contributed by atoms with van der Waals surface area (Å²) in [5.74, 6) is -1.92. The predicted octanol–water partition coefficient (Wildman–Crippen LogP) is 1.59. The van der Waals surface area contributed by atoms with E-state index in [-0.39, 0.29) is 4.90 Å². The molecular formula is C13H12N2O5S. The zero-order chi connectivity index (χ0) is 15.6. The summed E-state index contributed by atoms with van der Waals surface area (Å²) in [6.45, 7) is 1.64. The van der Waals surface area contributed by atoms with Gasteiger partial charge in [0.05, 0.1) is 16.3 Å². The Hall–Kier alpha value is -2.61. The summed E-state index contributed by atoms with van der Waals surface area (Å²) in [5, 5.41) is 18.3. The predicted molar refractivity (Wildman–Crippen MR) is 74.8 cm³/mol. The van der Waals surface area contributed by atoms with Gasteiger partial charge in [-0.2, -0.15) is 0 Å². The molecule has 0 spiro atoms. The number of hydrogen-bond acceptors (Lipinski definition) is 5. The highest BCUT2D eigenvalue weighted by Gasteiger charge is 2.19. The first-order valence-corrected chi connectivity index (χ1v) is 7.30. The van der Waals surface area contributed by atoms with Crippen LogP contribution in [0.25, 0.3) is 0 Å². The third-order valence-electron chi connectivity index (χ3n) is 2.76. The third-order valence-corrected chi connectivity index (χ3v) is 4.12. The summed E-state index contributed by atoms with van der Waals surface area (Å²) in [7, 11) is -3.97. The summed E-state index contributed by atoms with van der Waals surface area (Å²) in [4.78, 5) is 14.6. The van der Waals surface area contributed by atoms with Gasteiger partial charge in [-0.05, 0) is 37.3 Å². The molecule has 0 fully saturated rings. The number of carboxylic acids is 1. The lowest BCUT2D eigenvalue weighted by atomic mass is 10.2. The Balaban J connectivity index is 2.43. The third kappa shape index (κ3) is 3.11. The van der Waals surface area contributed by atoms with Gasteiger partial charge in [0.25, 0.3) is 10.0 Å². The van der Waals surface area contributed by atoms with Crippen LogP contribution in [0.4, 0.5) is 5.69 Å². The lowest BCUT2D eigenvalue weighted by Gasteiger charge is -2.10. The molecule has 1 heterocycles. The van der Waals surface area contributed by atoms with Crippen LogP contribution in [0, 0.1) is 6.92 Å². The second-order valence-corrected chi connectivity index (χ2v) is 5.91. The number of aromatic hydroxyl groups is 1. The van der Waals surface area contributed by atoms with E-state index in [1.54, 1.807) is 19.1 Å². The van der Waals surface area contributed by atoms with E-state index in [9.17, 15) is 18.3 Å². The molecule has 1 aromatic heterocycles. The first-order valence-electron chi connectivity index (χ1n) is 5.82.